The van der Waals surface area contributed by atoms with Crippen molar-refractivity contribution in [3.05, 3.63) is 41.7 Å². The molecule has 3 heterocycles. The highest BCUT2D eigenvalue weighted by atomic mass is 16.2. The zero-order chi connectivity index (χ0) is 19.3. The zero-order valence-electron chi connectivity index (χ0n) is 16.7. The summed E-state index contributed by atoms with van der Waals surface area (Å²) in [5, 5.41) is 0. The number of carbonyl (C=O) groups is 2. The molecule has 0 N–H and O–H groups in total. The van der Waals surface area contributed by atoms with Gasteiger partial charge in [0.05, 0.1) is 6.42 Å². The van der Waals surface area contributed by atoms with Crippen LogP contribution in [0.4, 0.5) is 0 Å². The third-order valence-corrected chi connectivity index (χ3v) is 6.63. The van der Waals surface area contributed by atoms with Crippen molar-refractivity contribution in [1.82, 2.24) is 14.8 Å². The maximum Gasteiger partial charge on any atom is 0.227 e. The third kappa shape index (κ3) is 4.45. The number of allylic oxidation sites excluding steroid dienone is 1. The third-order valence-electron chi connectivity index (χ3n) is 6.63. The lowest BCUT2D eigenvalue weighted by Crippen LogP contribution is -2.57. The van der Waals surface area contributed by atoms with E-state index < -0.39 is 0 Å². The summed E-state index contributed by atoms with van der Waals surface area (Å²) >= 11 is 0. The maximum atomic E-state index is 12.7. The Morgan fingerprint density at radius 2 is 2.14 bits per heavy atom. The van der Waals surface area contributed by atoms with Crippen LogP contribution in [0.1, 0.15) is 56.9 Å². The van der Waals surface area contributed by atoms with E-state index in [2.05, 4.69) is 16.0 Å². The van der Waals surface area contributed by atoms with Crippen LogP contribution in [0, 0.1) is 5.92 Å². The van der Waals surface area contributed by atoms with E-state index >= 15 is 0 Å². The number of rotatable bonds is 5. The van der Waals surface area contributed by atoms with Gasteiger partial charge in [0.15, 0.2) is 0 Å². The largest absolute Gasteiger partial charge is 0.342 e. The molecule has 0 bridgehead atoms. The Labute approximate surface area is 167 Å². The summed E-state index contributed by atoms with van der Waals surface area (Å²) in [6, 6.07) is 4.15. The fraction of sp³-hybridized carbons (Fsp3) is 0.609. The van der Waals surface area contributed by atoms with E-state index in [1.807, 2.05) is 17.0 Å². The molecule has 1 aromatic heterocycles. The van der Waals surface area contributed by atoms with Crippen molar-refractivity contribution < 1.29 is 9.59 Å². The Bertz CT molecular complexity index is 731. The zero-order valence-corrected chi connectivity index (χ0v) is 16.7. The molecule has 1 aromatic rings. The van der Waals surface area contributed by atoms with Crippen LogP contribution < -0.4 is 0 Å². The molecule has 0 unspecified atom stereocenters. The second-order valence-electron chi connectivity index (χ2n) is 8.48. The molecule has 0 saturated carbocycles. The van der Waals surface area contributed by atoms with Gasteiger partial charge in [0.25, 0.3) is 0 Å². The van der Waals surface area contributed by atoms with Crippen LogP contribution in [0.2, 0.25) is 0 Å². The summed E-state index contributed by atoms with van der Waals surface area (Å²) in [5.74, 6) is 0.916. The number of aromatic nitrogens is 1. The number of piperidine rings is 2. The van der Waals surface area contributed by atoms with Crippen LogP contribution in [0.3, 0.4) is 0 Å². The topological polar surface area (TPSA) is 53.5 Å². The number of nitrogens with zero attached hydrogens (tertiary/aromatic N) is 3. The SMILES string of the molecule is O=C(Cc1cccnc1)N1CC[C@@H]2[C@@H](CCC(=O)N2CCC2=CCCCC2)C1. The van der Waals surface area contributed by atoms with E-state index in [4.69, 9.17) is 0 Å². The lowest BCUT2D eigenvalue weighted by atomic mass is 9.83. The highest BCUT2D eigenvalue weighted by Gasteiger charge is 2.40. The van der Waals surface area contributed by atoms with Gasteiger partial charge in [0.2, 0.25) is 11.8 Å². The van der Waals surface area contributed by atoms with Crippen LogP contribution in [0.15, 0.2) is 36.2 Å². The van der Waals surface area contributed by atoms with Crippen LogP contribution in [-0.4, -0.2) is 52.3 Å². The first-order valence-corrected chi connectivity index (χ1v) is 10.8. The first-order valence-electron chi connectivity index (χ1n) is 10.8. The highest BCUT2D eigenvalue weighted by molar-refractivity contribution is 5.79. The maximum absolute atomic E-state index is 12.7. The fourth-order valence-electron chi connectivity index (χ4n) is 5.05. The summed E-state index contributed by atoms with van der Waals surface area (Å²) in [5.41, 5.74) is 2.50. The number of amides is 2. The molecule has 0 aromatic carbocycles. The lowest BCUT2D eigenvalue weighted by Gasteiger charge is -2.47. The average molecular weight is 382 g/mol. The van der Waals surface area contributed by atoms with Crippen molar-refractivity contribution in [3.63, 3.8) is 0 Å². The molecule has 3 aliphatic rings. The number of fused-ring (bicyclic) bond motifs is 1. The Morgan fingerprint density at radius 1 is 1.21 bits per heavy atom. The number of hydrogen-bond acceptors (Lipinski definition) is 3. The molecule has 2 aliphatic heterocycles. The van der Waals surface area contributed by atoms with Gasteiger partial charge in [-0.2, -0.15) is 0 Å². The van der Waals surface area contributed by atoms with Crippen molar-refractivity contribution >= 4 is 11.8 Å². The Balaban J connectivity index is 1.34. The van der Waals surface area contributed by atoms with E-state index in [-0.39, 0.29) is 5.91 Å². The Morgan fingerprint density at radius 3 is 2.93 bits per heavy atom. The molecule has 2 amide bonds. The van der Waals surface area contributed by atoms with E-state index in [0.29, 0.717) is 30.7 Å². The Kier molecular flexibility index (Phi) is 6.08. The van der Waals surface area contributed by atoms with Gasteiger partial charge in [-0.25, -0.2) is 0 Å². The standard InChI is InChI=1S/C23H31N3O2/c27-22-9-8-20-17-25(23(28)15-19-7-4-12-24-16-19)13-11-21(20)26(22)14-10-18-5-2-1-3-6-18/h4-5,7,12,16,20-21H,1-3,6,8-11,13-15,17H2/t20-,21+/m0/s1. The first-order chi connectivity index (χ1) is 13.7. The molecular formula is C23H31N3O2. The molecule has 1 aliphatic carbocycles. The van der Waals surface area contributed by atoms with Crippen LogP contribution in [-0.2, 0) is 16.0 Å². The molecule has 28 heavy (non-hydrogen) atoms. The molecule has 2 atom stereocenters. The highest BCUT2D eigenvalue weighted by Crippen LogP contribution is 2.32. The fourth-order valence-corrected chi connectivity index (χ4v) is 5.05. The summed E-state index contributed by atoms with van der Waals surface area (Å²) in [4.78, 5) is 33.6. The van der Waals surface area contributed by atoms with Crippen molar-refractivity contribution in [1.29, 1.82) is 0 Å². The predicted molar refractivity (Wildman–Crippen MR) is 109 cm³/mol. The second-order valence-corrected chi connectivity index (χ2v) is 8.48. The summed E-state index contributed by atoms with van der Waals surface area (Å²) in [6.07, 6.45) is 14.8. The molecule has 0 spiro atoms. The summed E-state index contributed by atoms with van der Waals surface area (Å²) in [7, 11) is 0. The van der Waals surface area contributed by atoms with Crippen molar-refractivity contribution in [2.75, 3.05) is 19.6 Å². The number of hydrogen-bond donors (Lipinski definition) is 0. The van der Waals surface area contributed by atoms with Gasteiger partial charge in [-0.1, -0.05) is 17.7 Å². The van der Waals surface area contributed by atoms with Crippen molar-refractivity contribution in [2.24, 2.45) is 5.92 Å². The van der Waals surface area contributed by atoms with Gasteiger partial charge in [-0.15, -0.1) is 0 Å². The smallest absolute Gasteiger partial charge is 0.227 e. The number of carbonyl (C=O) groups excluding carboxylic acids is 2. The minimum atomic E-state index is 0.183. The minimum absolute atomic E-state index is 0.183. The van der Waals surface area contributed by atoms with Crippen LogP contribution in [0.25, 0.3) is 0 Å². The molecular weight excluding hydrogens is 350 g/mol. The molecule has 5 nitrogen and oxygen atoms in total. The minimum Gasteiger partial charge on any atom is -0.342 e. The van der Waals surface area contributed by atoms with Gasteiger partial charge in [-0.05, 0) is 62.5 Å². The lowest BCUT2D eigenvalue weighted by molar-refractivity contribution is -0.143. The summed E-state index contributed by atoms with van der Waals surface area (Å²) in [6.45, 7) is 2.40. The normalized spacial score (nSPS) is 25.3. The Hall–Kier alpha value is -2.17. The predicted octanol–water partition coefficient (Wildman–Crippen LogP) is 3.35. The van der Waals surface area contributed by atoms with Crippen molar-refractivity contribution in [2.45, 2.75) is 63.8 Å². The van der Waals surface area contributed by atoms with E-state index in [9.17, 15) is 9.59 Å². The second kappa shape index (κ2) is 8.89. The van der Waals surface area contributed by atoms with E-state index in [1.165, 1.54) is 31.3 Å². The first kappa shape index (κ1) is 19.2. The quantitative estimate of drug-likeness (QED) is 0.735. The van der Waals surface area contributed by atoms with Gasteiger partial charge in [0, 0.05) is 44.5 Å². The van der Waals surface area contributed by atoms with Crippen LogP contribution >= 0.6 is 0 Å². The molecule has 2 fully saturated rings. The molecule has 150 valence electrons. The van der Waals surface area contributed by atoms with Gasteiger partial charge in [0.1, 0.15) is 0 Å². The summed E-state index contributed by atoms with van der Waals surface area (Å²) < 4.78 is 0. The van der Waals surface area contributed by atoms with Gasteiger partial charge in [-0.3, -0.25) is 14.6 Å². The van der Waals surface area contributed by atoms with E-state index in [0.717, 1.165) is 44.5 Å². The monoisotopic (exact) mass is 381 g/mol. The molecule has 4 rings (SSSR count). The van der Waals surface area contributed by atoms with E-state index in [1.54, 1.807) is 12.4 Å². The average Bonchev–Trinajstić information content (AvgIpc) is 2.74. The molecule has 5 heteroatoms. The van der Waals surface area contributed by atoms with Gasteiger partial charge >= 0.3 is 0 Å². The molecule has 0 radical (unpaired) electrons. The number of pyridine rings is 1. The number of likely N-dealkylation sites (tertiary alicyclic amines) is 2. The van der Waals surface area contributed by atoms with Crippen molar-refractivity contribution in [3.8, 4) is 0 Å². The van der Waals surface area contributed by atoms with Gasteiger partial charge < -0.3 is 9.80 Å². The van der Waals surface area contributed by atoms with Crippen LogP contribution in [0.5, 0.6) is 0 Å². The molecule has 2 saturated heterocycles.